The van der Waals surface area contributed by atoms with Crippen LogP contribution in [0.5, 0.6) is 0 Å². The average molecular weight is 300 g/mol. The van der Waals surface area contributed by atoms with Crippen molar-refractivity contribution in [3.8, 4) is 5.69 Å². The van der Waals surface area contributed by atoms with Gasteiger partial charge in [-0.15, -0.1) is 16.4 Å². The summed E-state index contributed by atoms with van der Waals surface area (Å²) >= 11 is 1.46. The molecule has 3 rings (SSSR count). The monoisotopic (exact) mass is 300 g/mol. The van der Waals surface area contributed by atoms with Gasteiger partial charge in [0, 0.05) is 0 Å². The van der Waals surface area contributed by atoms with Crippen molar-refractivity contribution >= 4 is 22.4 Å². The standard InChI is InChI=1S/C13H12N6OS/c20-13(15-12-7-4-8-21-12)14-9-11-16-17-18-19(11)10-5-2-1-3-6-10/h1-8H,9H2,(H2,14,15,20). The molecule has 0 aliphatic rings. The fourth-order valence-corrected chi connectivity index (χ4v) is 2.36. The molecule has 0 saturated carbocycles. The van der Waals surface area contributed by atoms with E-state index in [2.05, 4.69) is 26.2 Å². The number of tetrazole rings is 1. The van der Waals surface area contributed by atoms with Gasteiger partial charge < -0.3 is 5.32 Å². The van der Waals surface area contributed by atoms with Crippen LogP contribution in [0, 0.1) is 0 Å². The van der Waals surface area contributed by atoms with Crippen LogP contribution in [0.1, 0.15) is 5.82 Å². The number of nitrogens with zero attached hydrogens (tertiary/aromatic N) is 4. The van der Waals surface area contributed by atoms with Crippen LogP contribution in [0.25, 0.3) is 5.69 Å². The number of thiophene rings is 1. The molecule has 0 atom stereocenters. The van der Waals surface area contributed by atoms with E-state index in [1.165, 1.54) is 11.3 Å². The zero-order valence-corrected chi connectivity index (χ0v) is 11.7. The molecule has 0 radical (unpaired) electrons. The summed E-state index contributed by atoms with van der Waals surface area (Å²) in [5, 5.41) is 19.6. The number of hydrogen-bond donors (Lipinski definition) is 2. The van der Waals surface area contributed by atoms with Gasteiger partial charge in [-0.3, -0.25) is 5.32 Å². The third kappa shape index (κ3) is 3.23. The molecule has 0 bridgehead atoms. The highest BCUT2D eigenvalue weighted by Gasteiger charge is 2.09. The van der Waals surface area contributed by atoms with Gasteiger partial charge >= 0.3 is 6.03 Å². The highest BCUT2D eigenvalue weighted by atomic mass is 32.1. The van der Waals surface area contributed by atoms with Crippen LogP contribution in [-0.4, -0.2) is 26.2 Å². The molecule has 0 aliphatic carbocycles. The molecule has 3 aromatic rings. The first-order valence-electron chi connectivity index (χ1n) is 6.24. The minimum absolute atomic E-state index is 0.235. The topological polar surface area (TPSA) is 84.7 Å². The lowest BCUT2D eigenvalue weighted by molar-refractivity contribution is 0.251. The van der Waals surface area contributed by atoms with Crippen molar-refractivity contribution in [3.05, 3.63) is 53.7 Å². The van der Waals surface area contributed by atoms with Crippen molar-refractivity contribution in [2.24, 2.45) is 0 Å². The Bertz CT molecular complexity index is 709. The number of hydrogen-bond acceptors (Lipinski definition) is 5. The minimum Gasteiger partial charge on any atom is -0.330 e. The lowest BCUT2D eigenvalue weighted by Crippen LogP contribution is -2.29. The Morgan fingerprint density at radius 3 is 2.81 bits per heavy atom. The van der Waals surface area contributed by atoms with Crippen molar-refractivity contribution in [1.29, 1.82) is 0 Å². The molecule has 0 unspecified atom stereocenters. The number of para-hydroxylation sites is 1. The first-order valence-corrected chi connectivity index (χ1v) is 7.12. The van der Waals surface area contributed by atoms with Gasteiger partial charge in [0.25, 0.3) is 0 Å². The molecule has 2 amide bonds. The zero-order chi connectivity index (χ0) is 14.5. The molecular weight excluding hydrogens is 288 g/mol. The number of aromatic nitrogens is 4. The first kappa shape index (κ1) is 13.3. The third-order valence-electron chi connectivity index (χ3n) is 2.70. The van der Waals surface area contributed by atoms with Crippen molar-refractivity contribution in [3.63, 3.8) is 0 Å². The maximum atomic E-state index is 11.8. The van der Waals surface area contributed by atoms with Gasteiger partial charge in [0.05, 0.1) is 17.2 Å². The minimum atomic E-state index is -0.292. The fraction of sp³-hybridized carbons (Fsp3) is 0.0769. The van der Waals surface area contributed by atoms with Gasteiger partial charge in [-0.25, -0.2) is 4.79 Å². The van der Waals surface area contributed by atoms with Crippen LogP contribution in [0.2, 0.25) is 0 Å². The summed E-state index contributed by atoms with van der Waals surface area (Å²) < 4.78 is 1.59. The molecule has 7 nitrogen and oxygen atoms in total. The number of anilines is 1. The maximum absolute atomic E-state index is 11.8. The van der Waals surface area contributed by atoms with Crippen LogP contribution in [0.3, 0.4) is 0 Å². The summed E-state index contributed by atoms with van der Waals surface area (Å²) in [7, 11) is 0. The molecular formula is C13H12N6OS. The second-order valence-electron chi connectivity index (χ2n) is 4.13. The van der Waals surface area contributed by atoms with Crippen molar-refractivity contribution < 1.29 is 4.79 Å². The van der Waals surface area contributed by atoms with E-state index in [1.54, 1.807) is 4.68 Å². The lowest BCUT2D eigenvalue weighted by atomic mass is 10.3. The van der Waals surface area contributed by atoms with E-state index >= 15 is 0 Å². The van der Waals surface area contributed by atoms with Crippen molar-refractivity contribution in [2.45, 2.75) is 6.54 Å². The average Bonchev–Trinajstić information content (AvgIpc) is 3.17. The van der Waals surface area contributed by atoms with E-state index in [0.29, 0.717) is 5.82 Å². The van der Waals surface area contributed by atoms with E-state index in [4.69, 9.17) is 0 Å². The molecule has 0 fully saturated rings. The predicted octanol–water partition coefficient (Wildman–Crippen LogP) is 2.05. The van der Waals surface area contributed by atoms with Gasteiger partial charge in [-0.1, -0.05) is 18.2 Å². The molecule has 0 spiro atoms. The third-order valence-corrected chi connectivity index (χ3v) is 3.49. The van der Waals surface area contributed by atoms with E-state index in [0.717, 1.165) is 10.7 Å². The normalized spacial score (nSPS) is 10.3. The molecule has 0 saturated heterocycles. The number of nitrogens with one attached hydrogen (secondary N) is 2. The summed E-state index contributed by atoms with van der Waals surface area (Å²) in [5.74, 6) is 0.558. The molecule has 8 heteroatoms. The number of benzene rings is 1. The summed E-state index contributed by atoms with van der Waals surface area (Å²) in [5.41, 5.74) is 0.845. The number of carbonyl (C=O) groups excluding carboxylic acids is 1. The van der Waals surface area contributed by atoms with Gasteiger partial charge in [0.15, 0.2) is 5.82 Å². The summed E-state index contributed by atoms with van der Waals surface area (Å²) in [4.78, 5) is 11.8. The SMILES string of the molecule is O=C(NCc1nnnn1-c1ccccc1)Nc1cccs1. The number of carbonyl (C=O) groups is 1. The molecule has 1 aromatic carbocycles. The summed E-state index contributed by atoms with van der Waals surface area (Å²) in [6.07, 6.45) is 0. The largest absolute Gasteiger partial charge is 0.330 e. The Kier molecular flexibility index (Phi) is 3.88. The summed E-state index contributed by atoms with van der Waals surface area (Å²) in [6, 6.07) is 12.9. The molecule has 2 N–H and O–H groups in total. The van der Waals surface area contributed by atoms with Crippen LogP contribution in [0.15, 0.2) is 47.8 Å². The lowest BCUT2D eigenvalue weighted by Gasteiger charge is -2.06. The first-order chi connectivity index (χ1) is 10.3. The van der Waals surface area contributed by atoms with E-state index in [9.17, 15) is 4.79 Å². The van der Waals surface area contributed by atoms with E-state index in [1.807, 2.05) is 47.8 Å². The predicted molar refractivity (Wildman–Crippen MR) is 79.3 cm³/mol. The van der Waals surface area contributed by atoms with Crippen molar-refractivity contribution in [1.82, 2.24) is 25.5 Å². The highest BCUT2D eigenvalue weighted by Crippen LogP contribution is 2.14. The number of urea groups is 1. The molecule has 0 aliphatic heterocycles. The van der Waals surface area contributed by atoms with Crippen molar-refractivity contribution in [2.75, 3.05) is 5.32 Å². The Labute approximate surface area is 124 Å². The quantitative estimate of drug-likeness (QED) is 0.772. The maximum Gasteiger partial charge on any atom is 0.320 e. The van der Waals surface area contributed by atoms with Gasteiger partial charge in [-0.2, -0.15) is 4.68 Å². The second-order valence-corrected chi connectivity index (χ2v) is 5.08. The molecule has 106 valence electrons. The number of amides is 2. The second kappa shape index (κ2) is 6.14. The summed E-state index contributed by atoms with van der Waals surface area (Å²) in [6.45, 7) is 0.235. The Morgan fingerprint density at radius 1 is 1.19 bits per heavy atom. The molecule has 21 heavy (non-hydrogen) atoms. The van der Waals surface area contributed by atoms with Gasteiger partial charge in [-0.05, 0) is 40.1 Å². The highest BCUT2D eigenvalue weighted by molar-refractivity contribution is 7.14. The van der Waals surface area contributed by atoms with E-state index in [-0.39, 0.29) is 12.6 Å². The Balaban J connectivity index is 1.64. The van der Waals surface area contributed by atoms with Gasteiger partial charge in [0.1, 0.15) is 0 Å². The van der Waals surface area contributed by atoms with Crippen LogP contribution in [0.4, 0.5) is 9.80 Å². The smallest absolute Gasteiger partial charge is 0.320 e. The Morgan fingerprint density at radius 2 is 2.05 bits per heavy atom. The fourth-order valence-electron chi connectivity index (χ4n) is 1.75. The zero-order valence-electron chi connectivity index (χ0n) is 10.9. The van der Waals surface area contributed by atoms with Crippen LogP contribution >= 0.6 is 11.3 Å². The van der Waals surface area contributed by atoms with Gasteiger partial charge in [0.2, 0.25) is 0 Å². The molecule has 2 heterocycles. The van der Waals surface area contributed by atoms with E-state index < -0.39 is 0 Å². The Hall–Kier alpha value is -2.74. The number of rotatable bonds is 4. The van der Waals surface area contributed by atoms with Crippen LogP contribution in [-0.2, 0) is 6.54 Å². The van der Waals surface area contributed by atoms with Crippen LogP contribution < -0.4 is 10.6 Å². The molecule has 2 aromatic heterocycles.